The molecule has 1 amide bonds. The maximum Gasteiger partial charge on any atom is 0.410 e. The monoisotopic (exact) mass is 285 g/mol. The third kappa shape index (κ3) is 5.19. The van der Waals surface area contributed by atoms with Crippen LogP contribution in [0.2, 0.25) is 0 Å². The zero-order valence-corrected chi connectivity index (χ0v) is 12.6. The van der Waals surface area contributed by atoms with Crippen LogP contribution in [0.4, 0.5) is 4.79 Å². The number of rotatable bonds is 3. The average molecular weight is 285 g/mol. The van der Waals surface area contributed by atoms with Crippen LogP contribution in [0.25, 0.3) is 0 Å². The summed E-state index contributed by atoms with van der Waals surface area (Å²) in [6.45, 7) is 7.31. The van der Waals surface area contributed by atoms with Gasteiger partial charge < -0.3 is 9.47 Å². The Balaban J connectivity index is 2.72. The molecule has 0 spiro atoms. The Bertz CT molecular complexity index is 386. The van der Waals surface area contributed by atoms with E-state index in [4.69, 9.17) is 9.47 Å². The minimum absolute atomic E-state index is 0.00101. The van der Waals surface area contributed by atoms with Gasteiger partial charge in [-0.2, -0.15) is 0 Å². The fourth-order valence-electron chi connectivity index (χ4n) is 2.04. The van der Waals surface area contributed by atoms with E-state index in [1.807, 2.05) is 0 Å². The molecule has 1 saturated heterocycles. The number of amides is 1. The Morgan fingerprint density at radius 3 is 2.55 bits per heavy atom. The maximum absolute atomic E-state index is 12.1. The second-order valence-corrected chi connectivity index (χ2v) is 5.85. The van der Waals surface area contributed by atoms with Crippen LogP contribution >= 0.6 is 0 Å². The predicted molar refractivity (Wildman–Crippen MR) is 72.2 cm³/mol. The topological polar surface area (TPSA) is 72.9 Å². The number of ketones is 1. The molecule has 6 nitrogen and oxygen atoms in total. The van der Waals surface area contributed by atoms with Gasteiger partial charge in [-0.1, -0.05) is 0 Å². The summed E-state index contributed by atoms with van der Waals surface area (Å²) >= 11 is 0. The fraction of sp³-hybridized carbons (Fsp3) is 0.786. The number of hydrogen-bond acceptors (Lipinski definition) is 5. The average Bonchev–Trinajstić information content (AvgIpc) is 2.29. The van der Waals surface area contributed by atoms with Crippen LogP contribution in [0.15, 0.2) is 0 Å². The molecule has 1 atom stereocenters. The molecule has 6 heteroatoms. The summed E-state index contributed by atoms with van der Waals surface area (Å²) in [6.07, 6.45) is 0.389. The van der Waals surface area contributed by atoms with Gasteiger partial charge in [0.25, 0.3) is 0 Å². The van der Waals surface area contributed by atoms with Crippen LogP contribution < -0.4 is 0 Å². The van der Waals surface area contributed by atoms with Crippen molar-refractivity contribution in [3.63, 3.8) is 0 Å². The van der Waals surface area contributed by atoms with E-state index in [0.717, 1.165) is 0 Å². The molecule has 1 aliphatic rings. The van der Waals surface area contributed by atoms with E-state index in [1.165, 1.54) is 4.90 Å². The third-order valence-corrected chi connectivity index (χ3v) is 2.88. The van der Waals surface area contributed by atoms with Gasteiger partial charge in [0.2, 0.25) is 0 Å². The first-order valence-electron chi connectivity index (χ1n) is 6.90. The van der Waals surface area contributed by atoms with E-state index < -0.39 is 11.7 Å². The van der Waals surface area contributed by atoms with Crippen molar-refractivity contribution in [2.45, 2.75) is 58.6 Å². The molecule has 1 fully saturated rings. The molecule has 0 aromatic carbocycles. The van der Waals surface area contributed by atoms with Crippen molar-refractivity contribution < 1.29 is 23.9 Å². The molecule has 0 unspecified atom stereocenters. The van der Waals surface area contributed by atoms with Crippen LogP contribution in [0.1, 0.15) is 47.0 Å². The largest absolute Gasteiger partial charge is 0.466 e. The Kier molecular flexibility index (Phi) is 5.53. The van der Waals surface area contributed by atoms with E-state index in [2.05, 4.69) is 0 Å². The normalized spacial score (nSPS) is 19.7. The van der Waals surface area contributed by atoms with E-state index in [9.17, 15) is 14.4 Å². The van der Waals surface area contributed by atoms with Gasteiger partial charge in [0.05, 0.1) is 19.6 Å². The van der Waals surface area contributed by atoms with Crippen molar-refractivity contribution >= 4 is 17.8 Å². The lowest BCUT2D eigenvalue weighted by Gasteiger charge is -2.35. The number of likely N-dealkylation sites (tertiary alicyclic amines) is 1. The highest BCUT2D eigenvalue weighted by atomic mass is 16.6. The lowest BCUT2D eigenvalue weighted by atomic mass is 9.99. The van der Waals surface area contributed by atoms with Gasteiger partial charge in [-0.3, -0.25) is 14.5 Å². The van der Waals surface area contributed by atoms with Crippen molar-refractivity contribution in [3.05, 3.63) is 0 Å². The number of Topliss-reactive ketones (excluding diaryl/α,β-unsaturated/α-hetero) is 1. The molecule has 0 aliphatic carbocycles. The van der Waals surface area contributed by atoms with E-state index in [1.54, 1.807) is 27.7 Å². The lowest BCUT2D eigenvalue weighted by molar-refractivity contribution is -0.145. The highest BCUT2D eigenvalue weighted by molar-refractivity contribution is 5.86. The first-order valence-corrected chi connectivity index (χ1v) is 6.90. The number of esters is 1. The number of carbonyl (C=O) groups excluding carboxylic acids is 3. The van der Waals surface area contributed by atoms with Crippen molar-refractivity contribution in [2.75, 3.05) is 13.2 Å². The molecule has 1 rings (SSSR count). The van der Waals surface area contributed by atoms with Gasteiger partial charge in [-0.05, 0) is 34.1 Å². The van der Waals surface area contributed by atoms with Crippen molar-refractivity contribution in [2.24, 2.45) is 0 Å². The molecular weight excluding hydrogens is 262 g/mol. The third-order valence-electron chi connectivity index (χ3n) is 2.88. The first-order chi connectivity index (χ1) is 9.23. The minimum atomic E-state index is -0.633. The second-order valence-electron chi connectivity index (χ2n) is 5.85. The molecule has 1 heterocycles. The zero-order chi connectivity index (χ0) is 15.3. The van der Waals surface area contributed by atoms with E-state index in [0.29, 0.717) is 19.4 Å². The van der Waals surface area contributed by atoms with Gasteiger partial charge in [-0.15, -0.1) is 0 Å². The number of ether oxygens (including phenoxy) is 2. The molecular formula is C14H23NO5. The van der Waals surface area contributed by atoms with Gasteiger partial charge >= 0.3 is 12.1 Å². The molecule has 0 radical (unpaired) electrons. The molecule has 0 bridgehead atoms. The second kappa shape index (κ2) is 6.72. The number of hydrogen-bond donors (Lipinski definition) is 0. The van der Waals surface area contributed by atoms with Crippen molar-refractivity contribution in [3.8, 4) is 0 Å². The van der Waals surface area contributed by atoms with Gasteiger partial charge in [0, 0.05) is 12.5 Å². The quantitative estimate of drug-likeness (QED) is 0.741. The van der Waals surface area contributed by atoms with E-state index >= 15 is 0 Å². The minimum Gasteiger partial charge on any atom is -0.466 e. The van der Waals surface area contributed by atoms with Crippen LogP contribution in [0.5, 0.6) is 0 Å². The molecule has 114 valence electrons. The van der Waals surface area contributed by atoms with Gasteiger partial charge in [0.1, 0.15) is 5.60 Å². The molecule has 0 aromatic rings. The number of piperidine rings is 1. The molecule has 1 aliphatic heterocycles. The van der Waals surface area contributed by atoms with Crippen LogP contribution in [-0.4, -0.2) is 47.5 Å². The van der Waals surface area contributed by atoms with Gasteiger partial charge in [0.15, 0.2) is 5.78 Å². The highest BCUT2D eigenvalue weighted by Gasteiger charge is 2.34. The molecule has 0 aromatic heterocycles. The van der Waals surface area contributed by atoms with E-state index in [-0.39, 0.29) is 30.8 Å². The summed E-state index contributed by atoms with van der Waals surface area (Å²) in [6, 6.07) is -0.332. The standard InChI is InChI=1S/C14H23NO5/c1-5-19-12(17)8-10-6-7-11(16)9-15(10)13(18)20-14(2,3)4/h10H,5-9H2,1-4H3/t10-/m0/s1. The van der Waals surface area contributed by atoms with Crippen LogP contribution in [0, 0.1) is 0 Å². The zero-order valence-electron chi connectivity index (χ0n) is 12.6. The summed E-state index contributed by atoms with van der Waals surface area (Å²) in [5.74, 6) is -0.378. The van der Waals surface area contributed by atoms with Crippen LogP contribution in [0.3, 0.4) is 0 Å². The van der Waals surface area contributed by atoms with Crippen molar-refractivity contribution in [1.29, 1.82) is 0 Å². The molecule has 0 saturated carbocycles. The Hall–Kier alpha value is -1.59. The summed E-state index contributed by atoms with van der Waals surface area (Å²) < 4.78 is 10.2. The summed E-state index contributed by atoms with van der Waals surface area (Å²) in [4.78, 5) is 36.5. The molecule has 0 N–H and O–H groups in total. The number of nitrogens with zero attached hydrogens (tertiary/aromatic N) is 1. The van der Waals surface area contributed by atoms with Crippen LogP contribution in [-0.2, 0) is 19.1 Å². The smallest absolute Gasteiger partial charge is 0.410 e. The lowest BCUT2D eigenvalue weighted by Crippen LogP contribution is -2.49. The first kappa shape index (κ1) is 16.5. The highest BCUT2D eigenvalue weighted by Crippen LogP contribution is 2.21. The summed E-state index contributed by atoms with van der Waals surface area (Å²) in [7, 11) is 0. The Labute approximate surface area is 119 Å². The van der Waals surface area contributed by atoms with Crippen molar-refractivity contribution in [1.82, 2.24) is 4.90 Å². The number of carbonyl (C=O) groups is 3. The maximum atomic E-state index is 12.1. The Morgan fingerprint density at radius 1 is 1.35 bits per heavy atom. The summed E-state index contributed by atoms with van der Waals surface area (Å²) in [5, 5.41) is 0. The molecule has 20 heavy (non-hydrogen) atoms. The predicted octanol–water partition coefficient (Wildman–Crippen LogP) is 1.91. The SMILES string of the molecule is CCOC(=O)C[C@@H]1CCC(=O)CN1C(=O)OC(C)(C)C. The summed E-state index contributed by atoms with van der Waals surface area (Å²) in [5.41, 5.74) is -0.633. The van der Waals surface area contributed by atoms with Gasteiger partial charge in [-0.25, -0.2) is 4.79 Å². The Morgan fingerprint density at radius 2 is 2.00 bits per heavy atom. The fourth-order valence-corrected chi connectivity index (χ4v) is 2.04.